The van der Waals surface area contributed by atoms with Crippen molar-refractivity contribution in [1.82, 2.24) is 9.97 Å². The second-order valence-electron chi connectivity index (χ2n) is 3.62. The number of amides is 1. The van der Waals surface area contributed by atoms with Gasteiger partial charge in [0.25, 0.3) is 0 Å². The molecule has 0 aromatic carbocycles. The Labute approximate surface area is 91.9 Å². The van der Waals surface area contributed by atoms with Crippen molar-refractivity contribution in [2.75, 3.05) is 11.4 Å². The topological polar surface area (TPSA) is 83.4 Å². The lowest BCUT2D eigenvalue weighted by molar-refractivity contribution is -0.117. The van der Waals surface area contributed by atoms with E-state index >= 15 is 0 Å². The molecule has 1 saturated heterocycles. The van der Waals surface area contributed by atoms with Gasteiger partial charge in [-0.25, -0.2) is 14.8 Å². The van der Waals surface area contributed by atoms with Gasteiger partial charge < -0.3 is 5.11 Å². The van der Waals surface area contributed by atoms with Crippen LogP contribution in [0.2, 0.25) is 0 Å². The minimum absolute atomic E-state index is 0.0116. The van der Waals surface area contributed by atoms with Crippen molar-refractivity contribution in [3.8, 4) is 0 Å². The van der Waals surface area contributed by atoms with Crippen LogP contribution in [0.5, 0.6) is 0 Å². The molecule has 1 amide bonds. The quantitative estimate of drug-likeness (QED) is 0.791. The molecular weight excluding hydrogens is 210 g/mol. The van der Waals surface area contributed by atoms with Gasteiger partial charge in [-0.1, -0.05) is 0 Å². The molecule has 6 nitrogen and oxygen atoms in total. The van der Waals surface area contributed by atoms with Gasteiger partial charge in [0.2, 0.25) is 11.9 Å². The van der Waals surface area contributed by atoms with Gasteiger partial charge >= 0.3 is 5.97 Å². The van der Waals surface area contributed by atoms with Gasteiger partial charge in [-0.3, -0.25) is 9.69 Å². The van der Waals surface area contributed by atoms with Gasteiger partial charge in [-0.05, 0) is 13.3 Å². The van der Waals surface area contributed by atoms with E-state index in [9.17, 15) is 9.59 Å². The number of aromatic nitrogens is 2. The lowest BCUT2D eigenvalue weighted by atomic mass is 10.2. The zero-order valence-electron chi connectivity index (χ0n) is 8.80. The summed E-state index contributed by atoms with van der Waals surface area (Å²) < 4.78 is 0. The first-order valence-electron chi connectivity index (χ1n) is 4.97. The summed E-state index contributed by atoms with van der Waals surface area (Å²) in [7, 11) is 0. The summed E-state index contributed by atoms with van der Waals surface area (Å²) in [5, 5.41) is 8.81. The first-order valence-corrected chi connectivity index (χ1v) is 4.97. The van der Waals surface area contributed by atoms with E-state index in [0.29, 0.717) is 24.6 Å². The van der Waals surface area contributed by atoms with Crippen molar-refractivity contribution in [1.29, 1.82) is 0 Å². The van der Waals surface area contributed by atoms with Crippen LogP contribution < -0.4 is 4.90 Å². The molecule has 1 aliphatic rings. The van der Waals surface area contributed by atoms with Crippen LogP contribution in [0.15, 0.2) is 6.20 Å². The summed E-state index contributed by atoms with van der Waals surface area (Å²) in [6.07, 6.45) is 2.54. The third-order valence-electron chi connectivity index (χ3n) is 2.51. The van der Waals surface area contributed by atoms with Crippen LogP contribution in [0, 0.1) is 6.92 Å². The molecule has 0 spiro atoms. The first kappa shape index (κ1) is 10.5. The summed E-state index contributed by atoms with van der Waals surface area (Å²) in [5.74, 6) is -0.774. The molecule has 2 heterocycles. The first-order chi connectivity index (χ1) is 7.59. The molecule has 0 saturated carbocycles. The summed E-state index contributed by atoms with van der Waals surface area (Å²) in [4.78, 5) is 31.6. The number of anilines is 1. The Balaban J connectivity index is 2.34. The van der Waals surface area contributed by atoms with Crippen molar-refractivity contribution in [2.24, 2.45) is 0 Å². The van der Waals surface area contributed by atoms with E-state index in [2.05, 4.69) is 9.97 Å². The van der Waals surface area contributed by atoms with Gasteiger partial charge in [0.15, 0.2) is 0 Å². The molecule has 1 fully saturated rings. The van der Waals surface area contributed by atoms with Crippen LogP contribution in [0.3, 0.4) is 0 Å². The molecule has 0 radical (unpaired) electrons. The minimum Gasteiger partial charge on any atom is -0.478 e. The third kappa shape index (κ3) is 1.73. The number of carboxylic acids is 1. The average Bonchev–Trinajstić information content (AvgIpc) is 2.63. The maximum absolute atomic E-state index is 11.4. The fourth-order valence-corrected chi connectivity index (χ4v) is 1.65. The Kier molecular flexibility index (Phi) is 2.55. The molecule has 1 aromatic rings. The Morgan fingerprint density at radius 2 is 2.31 bits per heavy atom. The normalized spacial score (nSPS) is 15.6. The molecule has 1 aromatic heterocycles. The van der Waals surface area contributed by atoms with Crippen LogP contribution >= 0.6 is 0 Å². The molecule has 0 bridgehead atoms. The van der Waals surface area contributed by atoms with Gasteiger partial charge in [0.05, 0.1) is 11.3 Å². The summed E-state index contributed by atoms with van der Waals surface area (Å²) in [6, 6.07) is 0. The van der Waals surface area contributed by atoms with Crippen molar-refractivity contribution in [3.63, 3.8) is 0 Å². The largest absolute Gasteiger partial charge is 0.478 e. The van der Waals surface area contributed by atoms with Crippen molar-refractivity contribution < 1.29 is 14.7 Å². The number of carbonyl (C=O) groups excluding carboxylic acids is 1. The van der Waals surface area contributed by atoms with E-state index in [1.54, 1.807) is 6.92 Å². The number of carbonyl (C=O) groups is 2. The fourth-order valence-electron chi connectivity index (χ4n) is 1.65. The maximum Gasteiger partial charge on any atom is 0.339 e. The summed E-state index contributed by atoms with van der Waals surface area (Å²) >= 11 is 0. The number of aryl methyl sites for hydroxylation is 1. The van der Waals surface area contributed by atoms with Crippen molar-refractivity contribution in [2.45, 2.75) is 19.8 Å². The highest BCUT2D eigenvalue weighted by atomic mass is 16.4. The molecule has 0 atom stereocenters. The predicted molar refractivity (Wildman–Crippen MR) is 55.3 cm³/mol. The molecule has 0 aliphatic carbocycles. The smallest absolute Gasteiger partial charge is 0.339 e. The molecular formula is C10H11N3O3. The molecule has 84 valence electrons. The molecule has 6 heteroatoms. The maximum atomic E-state index is 11.4. The molecule has 1 N–H and O–H groups in total. The standard InChI is InChI=1S/C10H11N3O3/c1-6-7(9(15)16)5-11-10(12-6)13-4-2-3-8(13)14/h5H,2-4H2,1H3,(H,15,16). The van der Waals surface area contributed by atoms with E-state index in [4.69, 9.17) is 5.11 Å². The van der Waals surface area contributed by atoms with E-state index in [0.717, 1.165) is 6.42 Å². The van der Waals surface area contributed by atoms with Crippen LogP contribution in [0.4, 0.5) is 5.95 Å². The van der Waals surface area contributed by atoms with Crippen LogP contribution in [-0.2, 0) is 4.79 Å². The van der Waals surface area contributed by atoms with Crippen LogP contribution in [0.1, 0.15) is 28.9 Å². The van der Waals surface area contributed by atoms with Gasteiger partial charge in [0, 0.05) is 19.2 Å². The Morgan fingerprint density at radius 3 is 2.81 bits per heavy atom. The molecule has 2 rings (SSSR count). The van der Waals surface area contributed by atoms with Crippen molar-refractivity contribution in [3.05, 3.63) is 17.5 Å². The lowest BCUT2D eigenvalue weighted by Gasteiger charge is -2.13. The highest BCUT2D eigenvalue weighted by Gasteiger charge is 2.24. The van der Waals surface area contributed by atoms with E-state index < -0.39 is 5.97 Å². The highest BCUT2D eigenvalue weighted by Crippen LogP contribution is 2.17. The Morgan fingerprint density at radius 1 is 1.56 bits per heavy atom. The van der Waals surface area contributed by atoms with Gasteiger partial charge in [0.1, 0.15) is 0 Å². The minimum atomic E-state index is -1.06. The SMILES string of the molecule is Cc1nc(N2CCCC2=O)ncc1C(=O)O. The van der Waals surface area contributed by atoms with E-state index in [1.807, 2.05) is 0 Å². The fraction of sp³-hybridized carbons (Fsp3) is 0.400. The van der Waals surface area contributed by atoms with Crippen molar-refractivity contribution >= 4 is 17.8 Å². The summed E-state index contributed by atoms with van der Waals surface area (Å²) in [6.45, 7) is 2.19. The number of rotatable bonds is 2. The van der Waals surface area contributed by atoms with Crippen LogP contribution in [0.25, 0.3) is 0 Å². The molecule has 0 unspecified atom stereocenters. The number of hydrogen-bond acceptors (Lipinski definition) is 4. The Bertz CT molecular complexity index is 459. The zero-order valence-corrected chi connectivity index (χ0v) is 8.80. The number of nitrogens with zero attached hydrogens (tertiary/aromatic N) is 3. The summed E-state index contributed by atoms with van der Waals surface area (Å²) in [5.41, 5.74) is 0.438. The van der Waals surface area contributed by atoms with Gasteiger partial charge in [-0.2, -0.15) is 0 Å². The highest BCUT2D eigenvalue weighted by molar-refractivity contribution is 5.94. The van der Waals surface area contributed by atoms with Crippen LogP contribution in [-0.4, -0.2) is 33.5 Å². The second kappa shape index (κ2) is 3.88. The van der Waals surface area contributed by atoms with E-state index in [-0.39, 0.29) is 11.5 Å². The number of carboxylic acid groups (broad SMARTS) is 1. The third-order valence-corrected chi connectivity index (χ3v) is 2.51. The monoisotopic (exact) mass is 221 g/mol. The number of aromatic carboxylic acids is 1. The van der Waals surface area contributed by atoms with E-state index in [1.165, 1.54) is 11.1 Å². The second-order valence-corrected chi connectivity index (χ2v) is 3.62. The predicted octanol–water partition coefficient (Wildman–Crippen LogP) is 0.610. The number of hydrogen-bond donors (Lipinski definition) is 1. The lowest BCUT2D eigenvalue weighted by Crippen LogP contribution is -2.26. The average molecular weight is 221 g/mol. The zero-order chi connectivity index (χ0) is 11.7. The molecule has 16 heavy (non-hydrogen) atoms. The molecule has 1 aliphatic heterocycles. The Hall–Kier alpha value is -1.98. The van der Waals surface area contributed by atoms with Gasteiger partial charge in [-0.15, -0.1) is 0 Å².